The average molecular weight is 585 g/mol. The summed E-state index contributed by atoms with van der Waals surface area (Å²) >= 11 is 0. The van der Waals surface area contributed by atoms with Crippen molar-refractivity contribution in [1.82, 2.24) is 20.3 Å². The van der Waals surface area contributed by atoms with E-state index in [1.807, 2.05) is 93.8 Å². The highest BCUT2D eigenvalue weighted by atomic mass is 16.6. The molecule has 0 radical (unpaired) electrons. The largest absolute Gasteiger partial charge is 0.497 e. The van der Waals surface area contributed by atoms with Gasteiger partial charge in [-0.15, -0.1) is 0 Å². The fraction of sp³-hybridized carbons (Fsp3) is 0.333. The maximum atomic E-state index is 11.9. The van der Waals surface area contributed by atoms with Crippen LogP contribution in [0.15, 0.2) is 73.1 Å². The molecule has 2 heterocycles. The number of methoxy groups -OCH3 is 1. The van der Waals surface area contributed by atoms with Crippen molar-refractivity contribution in [3.8, 4) is 17.4 Å². The molecule has 0 aliphatic rings. The maximum Gasteiger partial charge on any atom is 0.407 e. The van der Waals surface area contributed by atoms with Crippen molar-refractivity contribution >= 4 is 17.9 Å². The number of alkyl carbamates (subject to hydrolysis) is 1. The molecule has 4 aromatic rings. The number of aryl methyl sites for hydroxylation is 1. The topological polar surface area (TPSA) is 120 Å². The molecular weight excluding hydrogens is 544 g/mol. The van der Waals surface area contributed by atoms with Gasteiger partial charge in [0.2, 0.25) is 11.8 Å². The van der Waals surface area contributed by atoms with Gasteiger partial charge in [-0.2, -0.15) is 4.98 Å². The molecule has 0 saturated carbocycles. The van der Waals surface area contributed by atoms with Crippen LogP contribution in [0.5, 0.6) is 17.4 Å². The zero-order valence-corrected chi connectivity index (χ0v) is 25.4. The summed E-state index contributed by atoms with van der Waals surface area (Å²) in [4.78, 5) is 25.4. The summed E-state index contributed by atoms with van der Waals surface area (Å²) in [6.07, 6.45) is 4.79. The fourth-order valence-electron chi connectivity index (χ4n) is 4.02. The Balaban J connectivity index is 1.41. The van der Waals surface area contributed by atoms with Crippen molar-refractivity contribution < 1.29 is 19.0 Å². The first-order chi connectivity index (χ1) is 20.7. The lowest BCUT2D eigenvalue weighted by Crippen LogP contribution is -2.33. The third kappa shape index (κ3) is 10.5. The van der Waals surface area contributed by atoms with Crippen LogP contribution in [0.3, 0.4) is 0 Å². The molecule has 4 rings (SSSR count). The summed E-state index contributed by atoms with van der Waals surface area (Å²) in [5.41, 5.74) is 3.67. The summed E-state index contributed by atoms with van der Waals surface area (Å²) in [5.74, 6) is 3.16. The van der Waals surface area contributed by atoms with Gasteiger partial charge in [0, 0.05) is 38.1 Å². The van der Waals surface area contributed by atoms with Gasteiger partial charge in [-0.05, 0) is 86.2 Å². The molecule has 0 aliphatic heterocycles. The molecule has 3 N–H and O–H groups in total. The molecule has 0 fully saturated rings. The first-order valence-electron chi connectivity index (χ1n) is 14.4. The van der Waals surface area contributed by atoms with Crippen LogP contribution >= 0.6 is 0 Å². The second-order valence-corrected chi connectivity index (χ2v) is 10.9. The number of rotatable bonds is 13. The number of anilines is 2. The summed E-state index contributed by atoms with van der Waals surface area (Å²) in [6, 6.07) is 19.5. The second-order valence-electron chi connectivity index (χ2n) is 10.9. The van der Waals surface area contributed by atoms with Gasteiger partial charge in [0.25, 0.3) is 0 Å². The van der Waals surface area contributed by atoms with Crippen LogP contribution in [-0.2, 0) is 30.7 Å². The number of carbonyl (C=O) groups excluding carboxylic acids is 1. The number of pyridine rings is 1. The summed E-state index contributed by atoms with van der Waals surface area (Å²) in [7, 11) is 1.65. The fourth-order valence-corrected chi connectivity index (χ4v) is 4.02. The molecule has 0 saturated heterocycles. The SMILES string of the molecule is CCc1cnc(NCc2cc(NCc3ccc(OC)cc3)nc(Oc3ccc(CCNC(=O)OC(C)(C)C)cc3)c2)nc1. The lowest BCUT2D eigenvalue weighted by atomic mass is 10.1. The van der Waals surface area contributed by atoms with Gasteiger partial charge in [-0.1, -0.05) is 31.2 Å². The predicted molar refractivity (Wildman–Crippen MR) is 168 cm³/mol. The second kappa shape index (κ2) is 14.9. The van der Waals surface area contributed by atoms with E-state index in [9.17, 15) is 4.79 Å². The normalized spacial score (nSPS) is 11.0. The molecule has 0 atom stereocenters. The average Bonchev–Trinajstić information content (AvgIpc) is 2.99. The van der Waals surface area contributed by atoms with E-state index in [0.717, 1.165) is 34.4 Å². The number of amides is 1. The van der Waals surface area contributed by atoms with Gasteiger partial charge in [-0.25, -0.2) is 14.8 Å². The number of hydrogen-bond acceptors (Lipinski definition) is 9. The summed E-state index contributed by atoms with van der Waals surface area (Å²) < 4.78 is 16.7. The van der Waals surface area contributed by atoms with E-state index >= 15 is 0 Å². The van der Waals surface area contributed by atoms with Crippen LogP contribution in [0.4, 0.5) is 16.6 Å². The van der Waals surface area contributed by atoms with E-state index in [0.29, 0.717) is 49.5 Å². The third-order valence-corrected chi connectivity index (χ3v) is 6.29. The number of benzene rings is 2. The molecule has 2 aromatic carbocycles. The highest BCUT2D eigenvalue weighted by Gasteiger charge is 2.15. The zero-order valence-electron chi connectivity index (χ0n) is 25.4. The monoisotopic (exact) mass is 584 g/mol. The first kappa shape index (κ1) is 31.1. The Morgan fingerprint density at radius 2 is 1.47 bits per heavy atom. The van der Waals surface area contributed by atoms with Crippen molar-refractivity contribution in [1.29, 1.82) is 0 Å². The van der Waals surface area contributed by atoms with E-state index in [1.165, 1.54) is 0 Å². The van der Waals surface area contributed by atoms with Crippen LogP contribution in [-0.4, -0.2) is 40.3 Å². The molecule has 43 heavy (non-hydrogen) atoms. The molecule has 10 heteroatoms. The molecule has 1 amide bonds. The molecule has 0 aliphatic carbocycles. The number of hydrogen-bond donors (Lipinski definition) is 3. The molecule has 10 nitrogen and oxygen atoms in total. The van der Waals surface area contributed by atoms with E-state index in [4.69, 9.17) is 19.2 Å². The molecule has 2 aromatic heterocycles. The summed E-state index contributed by atoms with van der Waals surface area (Å²) in [5, 5.41) is 9.46. The number of nitrogens with one attached hydrogen (secondary N) is 3. The Kier molecular flexibility index (Phi) is 10.7. The van der Waals surface area contributed by atoms with E-state index in [2.05, 4.69) is 32.8 Å². The van der Waals surface area contributed by atoms with Crippen molar-refractivity contribution in [2.45, 2.75) is 59.2 Å². The molecule has 0 spiro atoms. The molecule has 226 valence electrons. The first-order valence-corrected chi connectivity index (χ1v) is 14.4. The standard InChI is InChI=1S/C33H40N6O4/c1-6-23-19-36-31(37-20-23)38-22-26-17-29(35-21-25-9-11-27(41-5)12-10-25)39-30(18-26)42-28-13-7-24(8-14-28)15-16-34-32(40)43-33(2,3)4/h7-14,17-20H,6,15-16,21-22H2,1-5H3,(H,34,40)(H,35,39)(H,36,37,38). The lowest BCUT2D eigenvalue weighted by Gasteiger charge is -2.19. The van der Waals surface area contributed by atoms with Crippen molar-refractivity contribution in [2.24, 2.45) is 0 Å². The van der Waals surface area contributed by atoms with Gasteiger partial charge in [-0.3, -0.25) is 0 Å². The minimum absolute atomic E-state index is 0.422. The zero-order chi connectivity index (χ0) is 30.7. The minimum Gasteiger partial charge on any atom is -0.497 e. The van der Waals surface area contributed by atoms with Crippen molar-refractivity contribution in [2.75, 3.05) is 24.3 Å². The number of nitrogens with zero attached hydrogens (tertiary/aromatic N) is 3. The van der Waals surface area contributed by atoms with Crippen LogP contribution in [0.25, 0.3) is 0 Å². The molecule has 0 unspecified atom stereocenters. The number of carbonyl (C=O) groups is 1. The molecule has 0 bridgehead atoms. The summed E-state index contributed by atoms with van der Waals surface area (Å²) in [6.45, 7) is 9.14. The van der Waals surface area contributed by atoms with Crippen LogP contribution < -0.4 is 25.4 Å². The van der Waals surface area contributed by atoms with Gasteiger partial charge in [0.1, 0.15) is 22.9 Å². The van der Waals surface area contributed by atoms with Gasteiger partial charge in [0.05, 0.1) is 7.11 Å². The smallest absolute Gasteiger partial charge is 0.407 e. The van der Waals surface area contributed by atoms with E-state index in [1.54, 1.807) is 7.11 Å². The quantitative estimate of drug-likeness (QED) is 0.161. The van der Waals surface area contributed by atoms with Crippen LogP contribution in [0.2, 0.25) is 0 Å². The Bertz CT molecular complexity index is 1380. The van der Waals surface area contributed by atoms with Crippen LogP contribution in [0.1, 0.15) is 49.9 Å². The Morgan fingerprint density at radius 1 is 0.814 bits per heavy atom. The van der Waals surface area contributed by atoms with E-state index in [-0.39, 0.29) is 0 Å². The van der Waals surface area contributed by atoms with Gasteiger partial charge >= 0.3 is 6.09 Å². The minimum atomic E-state index is -0.524. The third-order valence-electron chi connectivity index (χ3n) is 6.29. The maximum absolute atomic E-state index is 11.9. The lowest BCUT2D eigenvalue weighted by molar-refractivity contribution is 0.0528. The number of aromatic nitrogens is 3. The number of ether oxygens (including phenoxy) is 3. The predicted octanol–water partition coefficient (Wildman–Crippen LogP) is 6.53. The van der Waals surface area contributed by atoms with E-state index < -0.39 is 11.7 Å². The van der Waals surface area contributed by atoms with Crippen LogP contribution in [0, 0.1) is 0 Å². The Morgan fingerprint density at radius 3 is 2.12 bits per heavy atom. The Hall–Kier alpha value is -4.86. The highest BCUT2D eigenvalue weighted by molar-refractivity contribution is 5.67. The highest BCUT2D eigenvalue weighted by Crippen LogP contribution is 2.24. The van der Waals surface area contributed by atoms with Gasteiger partial charge < -0.3 is 30.2 Å². The van der Waals surface area contributed by atoms with Gasteiger partial charge in [0.15, 0.2) is 0 Å². The van der Waals surface area contributed by atoms with Crippen molar-refractivity contribution in [3.63, 3.8) is 0 Å². The molecular formula is C33H40N6O4. The van der Waals surface area contributed by atoms with Crippen molar-refractivity contribution in [3.05, 3.63) is 95.3 Å². The Labute approximate surface area is 253 Å².